The van der Waals surface area contributed by atoms with E-state index in [1.165, 1.54) is 23.3 Å². The molecule has 0 saturated carbocycles. The van der Waals surface area contributed by atoms with Crippen molar-refractivity contribution in [3.8, 4) is 9.88 Å². The first kappa shape index (κ1) is 15.1. The SMILES string of the molecule is CN(CC(=O)O)C(=O)Cc1csc(-c2cc(Br)cs2)n1. The third kappa shape index (κ3) is 3.87. The quantitative estimate of drug-likeness (QED) is 0.873. The molecule has 2 heterocycles. The number of aliphatic carboxylic acids is 1. The summed E-state index contributed by atoms with van der Waals surface area (Å²) < 4.78 is 1.01. The van der Waals surface area contributed by atoms with E-state index in [-0.39, 0.29) is 18.9 Å². The molecule has 0 saturated heterocycles. The Labute approximate surface area is 132 Å². The fourth-order valence-corrected chi connectivity index (χ4v) is 3.83. The molecule has 8 heteroatoms. The summed E-state index contributed by atoms with van der Waals surface area (Å²) in [6, 6.07) is 1.98. The van der Waals surface area contributed by atoms with Crippen LogP contribution in [-0.2, 0) is 16.0 Å². The van der Waals surface area contributed by atoms with Crippen LogP contribution in [0.15, 0.2) is 21.3 Å². The van der Waals surface area contributed by atoms with Gasteiger partial charge in [0.2, 0.25) is 5.91 Å². The molecular formula is C12H11BrN2O3S2. The van der Waals surface area contributed by atoms with Gasteiger partial charge < -0.3 is 10.0 Å². The van der Waals surface area contributed by atoms with Gasteiger partial charge in [-0.15, -0.1) is 22.7 Å². The average molecular weight is 375 g/mol. The van der Waals surface area contributed by atoms with Crippen LogP contribution in [-0.4, -0.2) is 40.5 Å². The second-order valence-electron chi connectivity index (χ2n) is 4.09. The molecule has 1 amide bonds. The lowest BCUT2D eigenvalue weighted by Crippen LogP contribution is -2.33. The number of nitrogens with zero attached hydrogens (tertiary/aromatic N) is 2. The van der Waals surface area contributed by atoms with Crippen molar-refractivity contribution in [3.05, 3.63) is 27.0 Å². The molecule has 0 atom stereocenters. The van der Waals surface area contributed by atoms with Crippen molar-refractivity contribution in [1.82, 2.24) is 9.88 Å². The van der Waals surface area contributed by atoms with Crippen molar-refractivity contribution < 1.29 is 14.7 Å². The number of aromatic nitrogens is 1. The van der Waals surface area contributed by atoms with Crippen molar-refractivity contribution in [1.29, 1.82) is 0 Å². The zero-order valence-electron chi connectivity index (χ0n) is 10.5. The smallest absolute Gasteiger partial charge is 0.323 e. The number of rotatable bonds is 5. The molecule has 2 rings (SSSR count). The van der Waals surface area contributed by atoms with E-state index in [4.69, 9.17) is 5.11 Å². The molecule has 0 aliphatic carbocycles. The van der Waals surface area contributed by atoms with Crippen LogP contribution in [0.4, 0.5) is 0 Å². The molecule has 0 radical (unpaired) electrons. The van der Waals surface area contributed by atoms with Crippen LogP contribution < -0.4 is 0 Å². The minimum Gasteiger partial charge on any atom is -0.480 e. The van der Waals surface area contributed by atoms with E-state index in [0.717, 1.165) is 14.4 Å². The maximum absolute atomic E-state index is 11.8. The van der Waals surface area contributed by atoms with Gasteiger partial charge in [-0.05, 0) is 22.0 Å². The van der Waals surface area contributed by atoms with Crippen LogP contribution in [0.1, 0.15) is 5.69 Å². The normalized spacial score (nSPS) is 10.5. The standard InChI is InChI=1S/C12H11BrN2O3S2/c1-15(4-11(17)18)10(16)3-8-6-20-12(14-8)9-2-7(13)5-19-9/h2,5-6H,3-4H2,1H3,(H,17,18). The Balaban J connectivity index is 2.03. The predicted octanol–water partition coefficient (Wildman–Crippen LogP) is 2.72. The van der Waals surface area contributed by atoms with E-state index < -0.39 is 5.97 Å². The first-order valence-electron chi connectivity index (χ1n) is 5.60. The Bertz CT molecular complexity index is 638. The number of amides is 1. The molecule has 0 spiro atoms. The van der Waals surface area contributed by atoms with Gasteiger partial charge in [-0.3, -0.25) is 9.59 Å². The predicted molar refractivity (Wildman–Crippen MR) is 82.1 cm³/mol. The van der Waals surface area contributed by atoms with Crippen molar-refractivity contribution in [2.45, 2.75) is 6.42 Å². The van der Waals surface area contributed by atoms with Gasteiger partial charge >= 0.3 is 5.97 Å². The van der Waals surface area contributed by atoms with Gasteiger partial charge in [-0.25, -0.2) is 4.98 Å². The third-order valence-electron chi connectivity index (χ3n) is 2.46. The van der Waals surface area contributed by atoms with Crippen LogP contribution in [0.25, 0.3) is 9.88 Å². The monoisotopic (exact) mass is 374 g/mol. The summed E-state index contributed by atoms with van der Waals surface area (Å²) in [5, 5.41) is 13.3. The summed E-state index contributed by atoms with van der Waals surface area (Å²) in [5.74, 6) is -1.28. The van der Waals surface area contributed by atoms with Crippen molar-refractivity contribution >= 4 is 50.5 Å². The first-order valence-corrected chi connectivity index (χ1v) is 8.15. The summed E-state index contributed by atoms with van der Waals surface area (Å²) in [4.78, 5) is 29.0. The van der Waals surface area contributed by atoms with E-state index in [2.05, 4.69) is 20.9 Å². The molecule has 0 aromatic carbocycles. The molecular weight excluding hydrogens is 364 g/mol. The Morgan fingerprint density at radius 1 is 1.40 bits per heavy atom. The van der Waals surface area contributed by atoms with E-state index in [1.54, 1.807) is 11.3 Å². The third-order valence-corrected chi connectivity index (χ3v) is 5.21. The molecule has 106 valence electrons. The van der Waals surface area contributed by atoms with Gasteiger partial charge in [-0.1, -0.05) is 0 Å². The zero-order chi connectivity index (χ0) is 14.7. The summed E-state index contributed by atoms with van der Waals surface area (Å²) in [7, 11) is 1.47. The summed E-state index contributed by atoms with van der Waals surface area (Å²) in [5.41, 5.74) is 0.664. The number of carbonyl (C=O) groups is 2. The van der Waals surface area contributed by atoms with Crippen LogP contribution in [0, 0.1) is 0 Å². The Morgan fingerprint density at radius 2 is 2.15 bits per heavy atom. The van der Waals surface area contributed by atoms with Gasteiger partial charge in [0.15, 0.2) is 0 Å². The van der Waals surface area contributed by atoms with Gasteiger partial charge in [0.25, 0.3) is 0 Å². The van der Waals surface area contributed by atoms with E-state index in [0.29, 0.717) is 5.69 Å². The minimum atomic E-state index is -1.02. The molecule has 0 aliphatic heterocycles. The van der Waals surface area contributed by atoms with Crippen molar-refractivity contribution in [3.63, 3.8) is 0 Å². The molecule has 5 nitrogen and oxygen atoms in total. The van der Waals surface area contributed by atoms with Crippen molar-refractivity contribution in [2.24, 2.45) is 0 Å². The number of carbonyl (C=O) groups excluding carboxylic acids is 1. The number of hydrogen-bond donors (Lipinski definition) is 1. The van der Waals surface area contributed by atoms with E-state index in [1.807, 2.05) is 16.8 Å². The van der Waals surface area contributed by atoms with Crippen LogP contribution in [0.5, 0.6) is 0 Å². The lowest BCUT2D eigenvalue weighted by molar-refractivity contribution is -0.143. The van der Waals surface area contributed by atoms with E-state index >= 15 is 0 Å². The van der Waals surface area contributed by atoms with Crippen LogP contribution >= 0.6 is 38.6 Å². The number of likely N-dealkylation sites (N-methyl/N-ethyl adjacent to an activating group) is 1. The summed E-state index contributed by atoms with van der Waals surface area (Å²) >= 11 is 6.44. The van der Waals surface area contributed by atoms with Gasteiger partial charge in [-0.2, -0.15) is 0 Å². The highest BCUT2D eigenvalue weighted by Gasteiger charge is 2.15. The Hall–Kier alpha value is -1.25. The lowest BCUT2D eigenvalue weighted by Gasteiger charge is -2.13. The highest BCUT2D eigenvalue weighted by molar-refractivity contribution is 9.10. The molecule has 0 bridgehead atoms. The molecule has 2 aromatic rings. The summed E-state index contributed by atoms with van der Waals surface area (Å²) in [6.45, 7) is -0.298. The first-order chi connectivity index (χ1) is 9.45. The number of thiophene rings is 1. The highest BCUT2D eigenvalue weighted by Crippen LogP contribution is 2.32. The molecule has 2 aromatic heterocycles. The number of thiazole rings is 1. The minimum absolute atomic E-state index is 0.118. The number of carboxylic acid groups (broad SMARTS) is 1. The molecule has 0 aliphatic rings. The Kier molecular flexibility index (Phi) is 4.90. The topological polar surface area (TPSA) is 70.5 Å². The largest absolute Gasteiger partial charge is 0.480 e. The fourth-order valence-electron chi connectivity index (χ4n) is 1.51. The second-order valence-corrected chi connectivity index (χ2v) is 6.78. The Morgan fingerprint density at radius 3 is 2.75 bits per heavy atom. The summed E-state index contributed by atoms with van der Waals surface area (Å²) in [6.07, 6.45) is 0.118. The van der Waals surface area contributed by atoms with Gasteiger partial charge in [0.1, 0.15) is 11.6 Å². The van der Waals surface area contributed by atoms with Crippen LogP contribution in [0.2, 0.25) is 0 Å². The highest BCUT2D eigenvalue weighted by atomic mass is 79.9. The van der Waals surface area contributed by atoms with Crippen molar-refractivity contribution in [2.75, 3.05) is 13.6 Å². The average Bonchev–Trinajstić information content (AvgIpc) is 2.97. The zero-order valence-corrected chi connectivity index (χ0v) is 13.7. The number of carboxylic acids is 1. The van der Waals surface area contributed by atoms with Crippen LogP contribution in [0.3, 0.4) is 0 Å². The molecule has 20 heavy (non-hydrogen) atoms. The van der Waals surface area contributed by atoms with E-state index in [9.17, 15) is 9.59 Å². The van der Waals surface area contributed by atoms with Gasteiger partial charge in [0, 0.05) is 22.3 Å². The second kappa shape index (κ2) is 6.47. The molecule has 0 unspecified atom stereocenters. The molecule has 0 fully saturated rings. The maximum atomic E-state index is 11.8. The maximum Gasteiger partial charge on any atom is 0.323 e. The lowest BCUT2D eigenvalue weighted by atomic mass is 10.3. The molecule has 1 N–H and O–H groups in total. The fraction of sp³-hybridized carbons (Fsp3) is 0.250. The van der Waals surface area contributed by atoms with Gasteiger partial charge in [0.05, 0.1) is 17.0 Å². The number of halogens is 1. The number of hydrogen-bond acceptors (Lipinski definition) is 5.